The zero-order valence-corrected chi connectivity index (χ0v) is 13.1. The maximum absolute atomic E-state index is 10.2. The van der Waals surface area contributed by atoms with Crippen molar-refractivity contribution in [2.24, 2.45) is 0 Å². The van der Waals surface area contributed by atoms with Crippen LogP contribution < -0.4 is 0 Å². The lowest BCUT2D eigenvalue weighted by Crippen LogP contribution is -2.09. The number of aromatic amines is 1. The van der Waals surface area contributed by atoms with E-state index in [9.17, 15) is 20.2 Å². The van der Waals surface area contributed by atoms with Crippen molar-refractivity contribution in [3.8, 4) is 0 Å². The molecule has 0 unspecified atom stereocenters. The number of nitrogens with one attached hydrogen (secondary N) is 1. The summed E-state index contributed by atoms with van der Waals surface area (Å²) in [6.45, 7) is 0. The third-order valence-corrected chi connectivity index (χ3v) is 3.43. The highest BCUT2D eigenvalue weighted by molar-refractivity contribution is 6.44. The van der Waals surface area contributed by atoms with E-state index in [0.717, 1.165) is 25.7 Å². The molecule has 2 aromatic rings. The number of aromatic nitrogens is 4. The van der Waals surface area contributed by atoms with Crippen LogP contribution in [0.3, 0.4) is 0 Å². The monoisotopic (exact) mass is 352 g/mol. The largest absolute Gasteiger partial charge is 0.454 e. The summed E-state index contributed by atoms with van der Waals surface area (Å²) in [6.07, 6.45) is 7.18. The quantitative estimate of drug-likeness (QED) is 0.416. The van der Waals surface area contributed by atoms with E-state index in [1.807, 2.05) is 0 Å². The molecular formula is C12H17BN6O6. The molecule has 12 nitrogen and oxygen atoms in total. The first-order valence-corrected chi connectivity index (χ1v) is 7.58. The van der Waals surface area contributed by atoms with Gasteiger partial charge < -0.3 is 30.3 Å². The van der Waals surface area contributed by atoms with Crippen LogP contribution in [-0.4, -0.2) is 47.0 Å². The Balaban J connectivity index is 0.000000142. The van der Waals surface area contributed by atoms with Crippen LogP contribution in [0.2, 0.25) is 5.82 Å². The summed E-state index contributed by atoms with van der Waals surface area (Å²) >= 11 is 0. The first-order valence-electron chi connectivity index (χ1n) is 7.58. The highest BCUT2D eigenvalue weighted by atomic mass is 16.6. The lowest BCUT2D eigenvalue weighted by atomic mass is 9.84. The second-order valence-corrected chi connectivity index (χ2v) is 5.59. The summed E-state index contributed by atoms with van der Waals surface area (Å²) in [4.78, 5) is 19.0. The summed E-state index contributed by atoms with van der Waals surface area (Å²) in [5.74, 6) is 0.0758. The molecule has 2 saturated carbocycles. The molecule has 0 aliphatic heterocycles. The van der Waals surface area contributed by atoms with Gasteiger partial charge in [-0.3, -0.25) is 0 Å². The molecule has 2 aliphatic carbocycles. The summed E-state index contributed by atoms with van der Waals surface area (Å²) in [5.41, 5.74) is 0. The van der Waals surface area contributed by atoms with Crippen molar-refractivity contribution in [2.75, 3.05) is 0 Å². The van der Waals surface area contributed by atoms with Gasteiger partial charge in [0.05, 0.1) is 35.7 Å². The molecule has 25 heavy (non-hydrogen) atoms. The third kappa shape index (κ3) is 6.31. The Hall–Kier alpha value is -2.80. The van der Waals surface area contributed by atoms with Crippen molar-refractivity contribution in [2.45, 2.75) is 37.5 Å². The molecule has 2 aromatic heterocycles. The van der Waals surface area contributed by atoms with Gasteiger partial charge in [0.25, 0.3) is 0 Å². The average molecular weight is 352 g/mol. The zero-order chi connectivity index (χ0) is 18.4. The van der Waals surface area contributed by atoms with Crippen molar-refractivity contribution in [1.29, 1.82) is 0 Å². The minimum Gasteiger partial charge on any atom is -0.427 e. The van der Waals surface area contributed by atoms with Crippen molar-refractivity contribution in [3.63, 3.8) is 0 Å². The van der Waals surface area contributed by atoms with E-state index in [4.69, 9.17) is 10.0 Å². The van der Waals surface area contributed by atoms with E-state index < -0.39 is 17.0 Å². The summed E-state index contributed by atoms with van der Waals surface area (Å²) in [6, 6.07) is 3.14. The molecule has 0 aromatic carbocycles. The molecule has 2 aliphatic rings. The molecule has 2 fully saturated rings. The van der Waals surface area contributed by atoms with E-state index in [0.29, 0.717) is 6.04 Å². The Morgan fingerprint density at radius 3 is 2.12 bits per heavy atom. The minimum atomic E-state index is -1.04. The van der Waals surface area contributed by atoms with Crippen LogP contribution in [-0.2, 0) is 0 Å². The van der Waals surface area contributed by atoms with E-state index in [1.54, 1.807) is 10.9 Å². The Bertz CT molecular complexity index is 697. The normalized spacial score (nSPS) is 15.3. The number of nitro groups is 2. The first-order chi connectivity index (χ1) is 11.9. The fourth-order valence-electron chi connectivity index (χ4n) is 1.71. The van der Waals surface area contributed by atoms with Gasteiger partial charge in [0.1, 0.15) is 0 Å². The molecule has 4 rings (SSSR count). The molecule has 0 radical (unpaired) electrons. The summed E-state index contributed by atoms with van der Waals surface area (Å²) in [7, 11) is -1.04. The second-order valence-electron chi connectivity index (χ2n) is 5.59. The van der Waals surface area contributed by atoms with E-state index in [2.05, 4.69) is 15.3 Å². The highest BCUT2D eigenvalue weighted by Gasteiger charge is 2.33. The summed E-state index contributed by atoms with van der Waals surface area (Å²) in [5, 5.41) is 45.8. The predicted molar refractivity (Wildman–Crippen MR) is 85.6 cm³/mol. The van der Waals surface area contributed by atoms with Gasteiger partial charge >= 0.3 is 18.8 Å². The lowest BCUT2D eigenvalue weighted by molar-refractivity contribution is -0.389. The maximum atomic E-state index is 10.2. The molecule has 0 amide bonds. The van der Waals surface area contributed by atoms with Gasteiger partial charge in [0.15, 0.2) is 0 Å². The van der Waals surface area contributed by atoms with Gasteiger partial charge in [0, 0.05) is 0 Å². The number of hydrogen-bond acceptors (Lipinski definition) is 8. The van der Waals surface area contributed by atoms with E-state index in [-0.39, 0.29) is 17.5 Å². The van der Waals surface area contributed by atoms with Gasteiger partial charge in [0.2, 0.25) is 0 Å². The molecule has 0 bridgehead atoms. The molecule has 134 valence electrons. The van der Waals surface area contributed by atoms with Gasteiger partial charge in [-0.25, -0.2) is 0 Å². The average Bonchev–Trinajstić information content (AvgIpc) is 3.49. The smallest absolute Gasteiger partial charge is 0.427 e. The van der Waals surface area contributed by atoms with Crippen LogP contribution in [0.4, 0.5) is 11.6 Å². The van der Waals surface area contributed by atoms with Crippen LogP contribution in [0.15, 0.2) is 24.5 Å². The molecule has 13 heteroatoms. The Morgan fingerprint density at radius 2 is 1.84 bits per heavy atom. The van der Waals surface area contributed by atoms with E-state index >= 15 is 0 Å². The number of H-pyrrole nitrogens is 1. The predicted octanol–water partition coefficient (Wildman–Crippen LogP) is 1.07. The fourth-order valence-corrected chi connectivity index (χ4v) is 1.71. The van der Waals surface area contributed by atoms with Crippen LogP contribution >= 0.6 is 0 Å². The molecule has 0 saturated heterocycles. The van der Waals surface area contributed by atoms with Crippen LogP contribution in [0, 0.1) is 20.2 Å². The minimum absolute atomic E-state index is 0.0584. The van der Waals surface area contributed by atoms with Gasteiger partial charge in [-0.15, -0.1) is 5.10 Å². The van der Waals surface area contributed by atoms with Crippen LogP contribution in [0.1, 0.15) is 31.7 Å². The van der Waals surface area contributed by atoms with Gasteiger partial charge in [-0.2, -0.15) is 4.68 Å². The van der Waals surface area contributed by atoms with Crippen molar-refractivity contribution >= 4 is 18.8 Å². The molecule has 0 spiro atoms. The standard InChI is InChI=1S/C6H7N3O2.C3H7BO2.C3H3N3O2/c10-9(11)6-3-4-8(7-6)5-1-2-5;5-4(6)3-1-2-3;7-6(8)3-1-2-4-5-3/h3-5H,1-2H2;3,5-6H,1-2H2;1-2H,(H,4,5). The van der Waals surface area contributed by atoms with Crippen LogP contribution in [0.25, 0.3) is 0 Å². The highest BCUT2D eigenvalue weighted by Crippen LogP contribution is 2.36. The molecule has 2 heterocycles. The second kappa shape index (κ2) is 8.35. The topological polar surface area (TPSA) is 173 Å². The Kier molecular flexibility index (Phi) is 6.19. The number of hydrogen-bond donors (Lipinski definition) is 3. The van der Waals surface area contributed by atoms with Crippen molar-refractivity contribution in [3.05, 3.63) is 44.8 Å². The number of nitrogens with zero attached hydrogens (tertiary/aromatic N) is 5. The molecular weight excluding hydrogens is 335 g/mol. The first kappa shape index (κ1) is 18.5. The van der Waals surface area contributed by atoms with Gasteiger partial charge in [-0.1, -0.05) is 17.9 Å². The maximum Gasteiger partial charge on any atom is 0.454 e. The van der Waals surface area contributed by atoms with Crippen LogP contribution in [0.5, 0.6) is 0 Å². The Morgan fingerprint density at radius 1 is 1.16 bits per heavy atom. The third-order valence-electron chi connectivity index (χ3n) is 3.43. The van der Waals surface area contributed by atoms with Gasteiger partial charge in [-0.05, 0) is 28.5 Å². The van der Waals surface area contributed by atoms with Crippen molar-refractivity contribution in [1.82, 2.24) is 20.0 Å². The van der Waals surface area contributed by atoms with E-state index in [1.165, 1.54) is 18.3 Å². The zero-order valence-electron chi connectivity index (χ0n) is 13.1. The SMILES string of the molecule is O=[N+]([O-])c1ccn(C2CC2)n1.O=[N+]([O-])c1ccn[nH]1.OB(O)C1CC1. The Labute approximate surface area is 141 Å². The van der Waals surface area contributed by atoms with Crippen molar-refractivity contribution < 1.29 is 19.9 Å². The molecule has 0 atom stereocenters. The number of rotatable bonds is 4. The molecule has 3 N–H and O–H groups in total. The fraction of sp³-hybridized carbons (Fsp3) is 0.500. The lowest BCUT2D eigenvalue weighted by Gasteiger charge is -1.86. The summed E-state index contributed by atoms with van der Waals surface area (Å²) < 4.78 is 1.66.